The van der Waals surface area contributed by atoms with Crippen LogP contribution in [0.4, 0.5) is 0 Å². The fraction of sp³-hybridized carbons (Fsp3) is 0.667. The monoisotopic (exact) mass is 271 g/mol. The second kappa shape index (κ2) is 6.20. The van der Waals surface area contributed by atoms with Crippen LogP contribution in [-0.2, 0) is 0 Å². The number of amides is 1. The van der Waals surface area contributed by atoms with E-state index in [1.165, 1.54) is 0 Å². The fourth-order valence-corrected chi connectivity index (χ4v) is 2.39. The maximum absolute atomic E-state index is 12.2. The summed E-state index contributed by atoms with van der Waals surface area (Å²) in [5.74, 6) is 1.26. The van der Waals surface area contributed by atoms with E-state index in [4.69, 9.17) is 16.1 Å². The van der Waals surface area contributed by atoms with Crippen LogP contribution in [0, 0.1) is 6.92 Å². The predicted octanol–water partition coefficient (Wildman–Crippen LogP) is 1.37. The Bertz CT molecular complexity index is 408. The van der Waals surface area contributed by atoms with Gasteiger partial charge in [-0.05, 0) is 19.9 Å². The van der Waals surface area contributed by atoms with Crippen molar-refractivity contribution in [1.29, 1.82) is 0 Å². The van der Waals surface area contributed by atoms with Crippen molar-refractivity contribution in [2.24, 2.45) is 0 Å². The predicted molar refractivity (Wildman–Crippen MR) is 68.9 cm³/mol. The molecule has 5 nitrogen and oxygen atoms in total. The quantitative estimate of drug-likeness (QED) is 0.779. The van der Waals surface area contributed by atoms with Crippen LogP contribution in [0.2, 0.25) is 0 Å². The van der Waals surface area contributed by atoms with Crippen molar-refractivity contribution >= 4 is 17.5 Å². The van der Waals surface area contributed by atoms with Gasteiger partial charge in [-0.3, -0.25) is 4.79 Å². The highest BCUT2D eigenvalue weighted by Gasteiger charge is 2.22. The van der Waals surface area contributed by atoms with Crippen molar-refractivity contribution < 1.29 is 9.32 Å². The molecular formula is C12H18ClN3O2. The summed E-state index contributed by atoms with van der Waals surface area (Å²) in [4.78, 5) is 16.3. The minimum Gasteiger partial charge on any atom is -0.361 e. The van der Waals surface area contributed by atoms with Crippen molar-refractivity contribution in [1.82, 2.24) is 15.0 Å². The third-order valence-electron chi connectivity index (χ3n) is 3.12. The van der Waals surface area contributed by atoms with Crippen molar-refractivity contribution in [3.8, 4) is 0 Å². The van der Waals surface area contributed by atoms with Gasteiger partial charge in [0.2, 0.25) is 0 Å². The highest BCUT2D eigenvalue weighted by Crippen LogP contribution is 2.09. The van der Waals surface area contributed by atoms with Gasteiger partial charge in [0.15, 0.2) is 5.69 Å². The molecule has 2 heterocycles. The Balaban J connectivity index is 1.95. The molecular weight excluding hydrogens is 254 g/mol. The molecule has 0 unspecified atom stereocenters. The molecule has 1 amide bonds. The Morgan fingerprint density at radius 1 is 1.44 bits per heavy atom. The topological polar surface area (TPSA) is 49.6 Å². The van der Waals surface area contributed by atoms with Gasteiger partial charge in [-0.25, -0.2) is 0 Å². The number of hydrogen-bond donors (Lipinski definition) is 0. The summed E-state index contributed by atoms with van der Waals surface area (Å²) >= 11 is 5.74. The average molecular weight is 272 g/mol. The van der Waals surface area contributed by atoms with Crippen LogP contribution in [0.25, 0.3) is 0 Å². The van der Waals surface area contributed by atoms with Crippen LogP contribution in [0.3, 0.4) is 0 Å². The van der Waals surface area contributed by atoms with Crippen molar-refractivity contribution in [3.05, 3.63) is 17.5 Å². The Hall–Kier alpha value is -1.07. The van der Waals surface area contributed by atoms with E-state index in [1.54, 1.807) is 13.0 Å². The lowest BCUT2D eigenvalue weighted by Crippen LogP contribution is -2.35. The molecule has 1 aliphatic heterocycles. The van der Waals surface area contributed by atoms with E-state index in [0.29, 0.717) is 17.3 Å². The lowest BCUT2D eigenvalue weighted by atomic mass is 10.3. The maximum atomic E-state index is 12.2. The number of hydrogen-bond acceptors (Lipinski definition) is 4. The number of halogens is 1. The van der Waals surface area contributed by atoms with Crippen LogP contribution in [-0.4, -0.2) is 59.5 Å². The number of carbonyl (C=O) groups is 1. The first kappa shape index (κ1) is 13.4. The maximum Gasteiger partial charge on any atom is 0.276 e. The van der Waals surface area contributed by atoms with Gasteiger partial charge in [-0.1, -0.05) is 5.16 Å². The standard InChI is InChI=1S/C12H18ClN3O2/c1-10-9-11(14-18-10)12(17)16-5-2-4-15(6-3-13)7-8-16/h9H,2-8H2,1H3. The molecule has 0 saturated carbocycles. The summed E-state index contributed by atoms with van der Waals surface area (Å²) in [6.07, 6.45) is 0.972. The fourth-order valence-electron chi connectivity index (χ4n) is 2.15. The molecule has 1 aromatic rings. The summed E-state index contributed by atoms with van der Waals surface area (Å²) in [6, 6.07) is 1.68. The highest BCUT2D eigenvalue weighted by molar-refractivity contribution is 6.18. The van der Waals surface area contributed by atoms with Crippen LogP contribution >= 0.6 is 11.6 Å². The van der Waals surface area contributed by atoms with Gasteiger partial charge in [-0.15, -0.1) is 11.6 Å². The summed E-state index contributed by atoms with van der Waals surface area (Å²) in [5, 5.41) is 3.78. The highest BCUT2D eigenvalue weighted by atomic mass is 35.5. The van der Waals surface area contributed by atoms with E-state index < -0.39 is 0 Å². The van der Waals surface area contributed by atoms with Crippen LogP contribution in [0.15, 0.2) is 10.6 Å². The normalized spacial score (nSPS) is 17.8. The van der Waals surface area contributed by atoms with Gasteiger partial charge < -0.3 is 14.3 Å². The van der Waals surface area contributed by atoms with Crippen LogP contribution in [0.1, 0.15) is 22.7 Å². The van der Waals surface area contributed by atoms with E-state index in [0.717, 1.165) is 39.1 Å². The number of rotatable bonds is 3. The Morgan fingerprint density at radius 2 is 2.28 bits per heavy atom. The molecule has 1 aromatic heterocycles. The van der Waals surface area contributed by atoms with Gasteiger partial charge in [-0.2, -0.15) is 0 Å². The second-order valence-electron chi connectivity index (χ2n) is 4.50. The number of aromatic nitrogens is 1. The van der Waals surface area contributed by atoms with Crippen LogP contribution < -0.4 is 0 Å². The zero-order valence-corrected chi connectivity index (χ0v) is 11.3. The first-order chi connectivity index (χ1) is 8.70. The van der Waals surface area contributed by atoms with Crippen molar-refractivity contribution in [2.45, 2.75) is 13.3 Å². The third kappa shape index (κ3) is 3.23. The first-order valence-corrected chi connectivity index (χ1v) is 6.75. The van der Waals surface area contributed by atoms with Crippen molar-refractivity contribution in [3.63, 3.8) is 0 Å². The molecule has 18 heavy (non-hydrogen) atoms. The SMILES string of the molecule is Cc1cc(C(=O)N2CCCN(CCCl)CC2)no1. The van der Waals surface area contributed by atoms with E-state index in [-0.39, 0.29) is 5.91 Å². The van der Waals surface area contributed by atoms with Gasteiger partial charge in [0.25, 0.3) is 5.91 Å². The first-order valence-electron chi connectivity index (χ1n) is 6.21. The lowest BCUT2D eigenvalue weighted by Gasteiger charge is -2.20. The van der Waals surface area contributed by atoms with E-state index in [2.05, 4.69) is 10.1 Å². The molecule has 0 spiro atoms. The molecule has 100 valence electrons. The zero-order chi connectivity index (χ0) is 13.0. The number of carbonyl (C=O) groups excluding carboxylic acids is 1. The smallest absolute Gasteiger partial charge is 0.276 e. The van der Waals surface area contributed by atoms with E-state index in [9.17, 15) is 4.79 Å². The number of aryl methyl sites for hydroxylation is 1. The third-order valence-corrected chi connectivity index (χ3v) is 3.29. The molecule has 2 rings (SSSR count). The molecule has 0 aliphatic carbocycles. The van der Waals surface area contributed by atoms with E-state index in [1.807, 2.05) is 4.90 Å². The zero-order valence-electron chi connectivity index (χ0n) is 10.6. The minimum atomic E-state index is -0.0421. The molecule has 0 atom stereocenters. The molecule has 1 fully saturated rings. The molecule has 6 heteroatoms. The van der Waals surface area contributed by atoms with Crippen LogP contribution in [0.5, 0.6) is 0 Å². The number of alkyl halides is 1. The molecule has 0 N–H and O–H groups in total. The molecule has 1 saturated heterocycles. The summed E-state index contributed by atoms with van der Waals surface area (Å²) in [6.45, 7) is 6.02. The average Bonchev–Trinajstić information content (AvgIpc) is 2.65. The van der Waals surface area contributed by atoms with Gasteiger partial charge >= 0.3 is 0 Å². The van der Waals surface area contributed by atoms with Gasteiger partial charge in [0, 0.05) is 38.1 Å². The Morgan fingerprint density at radius 3 is 2.94 bits per heavy atom. The molecule has 0 aromatic carbocycles. The second-order valence-corrected chi connectivity index (χ2v) is 4.88. The van der Waals surface area contributed by atoms with E-state index >= 15 is 0 Å². The van der Waals surface area contributed by atoms with Gasteiger partial charge in [0.05, 0.1) is 0 Å². The lowest BCUT2D eigenvalue weighted by molar-refractivity contribution is 0.0751. The minimum absolute atomic E-state index is 0.0421. The Kier molecular flexibility index (Phi) is 4.60. The Labute approximate surface area is 112 Å². The summed E-state index contributed by atoms with van der Waals surface area (Å²) < 4.78 is 4.94. The molecule has 1 aliphatic rings. The number of nitrogens with zero attached hydrogens (tertiary/aromatic N) is 3. The van der Waals surface area contributed by atoms with Crippen molar-refractivity contribution in [2.75, 3.05) is 38.6 Å². The van der Waals surface area contributed by atoms with Gasteiger partial charge in [0.1, 0.15) is 5.76 Å². The largest absolute Gasteiger partial charge is 0.361 e. The molecule has 0 bridgehead atoms. The molecule has 0 radical (unpaired) electrons. The summed E-state index contributed by atoms with van der Waals surface area (Å²) in [5.41, 5.74) is 0.401. The summed E-state index contributed by atoms with van der Waals surface area (Å²) in [7, 11) is 0.